The fourth-order valence-electron chi connectivity index (χ4n) is 2.02. The van der Waals surface area contributed by atoms with E-state index < -0.39 is 0 Å². The highest BCUT2D eigenvalue weighted by Crippen LogP contribution is 2.12. The van der Waals surface area contributed by atoms with Crippen LogP contribution in [0, 0.1) is 6.92 Å². The lowest BCUT2D eigenvalue weighted by Gasteiger charge is -2.07. The quantitative estimate of drug-likeness (QED) is 0.876. The summed E-state index contributed by atoms with van der Waals surface area (Å²) in [6.07, 6.45) is 2.01. The van der Waals surface area contributed by atoms with Crippen LogP contribution in [0.15, 0.2) is 30.5 Å². The van der Waals surface area contributed by atoms with Gasteiger partial charge in [-0.25, -0.2) is 0 Å². The number of aryl methyl sites for hydroxylation is 2. The van der Waals surface area contributed by atoms with E-state index in [4.69, 9.17) is 0 Å². The Morgan fingerprint density at radius 2 is 2.00 bits per heavy atom. The molecule has 1 aromatic carbocycles. The van der Waals surface area contributed by atoms with Gasteiger partial charge in [0, 0.05) is 43.1 Å². The van der Waals surface area contributed by atoms with Gasteiger partial charge in [-0.2, -0.15) is 5.10 Å². The molecule has 2 N–H and O–H groups in total. The van der Waals surface area contributed by atoms with Gasteiger partial charge in [0.1, 0.15) is 0 Å². The van der Waals surface area contributed by atoms with Gasteiger partial charge in [-0.15, -0.1) is 0 Å². The molecule has 0 fully saturated rings. The fourth-order valence-corrected chi connectivity index (χ4v) is 2.02. The second-order valence-electron chi connectivity index (χ2n) is 4.70. The zero-order valence-corrected chi connectivity index (χ0v) is 12.1. The van der Waals surface area contributed by atoms with Gasteiger partial charge >= 0.3 is 0 Å². The number of benzene rings is 1. The van der Waals surface area contributed by atoms with Gasteiger partial charge < -0.3 is 10.6 Å². The largest absolute Gasteiger partial charge is 0.381 e. The van der Waals surface area contributed by atoms with Crippen LogP contribution in [0.25, 0.3) is 0 Å². The van der Waals surface area contributed by atoms with Crippen molar-refractivity contribution in [2.75, 3.05) is 11.9 Å². The van der Waals surface area contributed by atoms with E-state index in [1.807, 2.05) is 56.0 Å². The molecule has 0 aliphatic carbocycles. The van der Waals surface area contributed by atoms with Gasteiger partial charge in [0.25, 0.3) is 5.91 Å². The molecule has 0 saturated carbocycles. The SMILES string of the molecule is CCNC(=O)c1ccc(NCc2cn(C)nc2C)cc1. The van der Waals surface area contributed by atoms with E-state index in [0.29, 0.717) is 12.1 Å². The first-order valence-electron chi connectivity index (χ1n) is 6.71. The molecule has 0 atom stereocenters. The van der Waals surface area contributed by atoms with Gasteiger partial charge in [0.2, 0.25) is 0 Å². The van der Waals surface area contributed by atoms with Crippen molar-refractivity contribution in [3.63, 3.8) is 0 Å². The molecule has 0 aliphatic rings. The standard InChI is InChI=1S/C15H20N4O/c1-4-16-15(20)12-5-7-14(8-6-12)17-9-13-10-19(3)18-11(13)2/h5-8,10,17H,4,9H2,1-3H3,(H,16,20). The van der Waals surface area contributed by atoms with Crippen molar-refractivity contribution in [1.29, 1.82) is 0 Å². The van der Waals surface area contributed by atoms with Gasteiger partial charge in [-0.3, -0.25) is 9.48 Å². The van der Waals surface area contributed by atoms with E-state index in [9.17, 15) is 4.79 Å². The predicted octanol–water partition coefficient (Wildman–Crippen LogP) is 2.09. The molecule has 1 heterocycles. The Kier molecular flexibility index (Phi) is 4.40. The van der Waals surface area contributed by atoms with E-state index >= 15 is 0 Å². The number of anilines is 1. The Bertz CT molecular complexity index is 586. The molecule has 5 nitrogen and oxygen atoms in total. The Balaban J connectivity index is 1.97. The molecule has 2 rings (SSSR count). The zero-order valence-electron chi connectivity index (χ0n) is 12.1. The molecule has 1 aromatic heterocycles. The average molecular weight is 272 g/mol. The maximum atomic E-state index is 11.6. The molecule has 20 heavy (non-hydrogen) atoms. The highest BCUT2D eigenvalue weighted by Gasteiger charge is 2.05. The van der Waals surface area contributed by atoms with Crippen LogP contribution >= 0.6 is 0 Å². The van der Waals surface area contributed by atoms with Crippen molar-refractivity contribution in [2.45, 2.75) is 20.4 Å². The van der Waals surface area contributed by atoms with Crippen molar-refractivity contribution in [2.24, 2.45) is 7.05 Å². The number of hydrogen-bond donors (Lipinski definition) is 2. The molecule has 1 amide bonds. The molecule has 0 unspecified atom stereocenters. The minimum atomic E-state index is -0.0397. The Morgan fingerprint density at radius 1 is 1.30 bits per heavy atom. The van der Waals surface area contributed by atoms with Crippen molar-refractivity contribution in [3.8, 4) is 0 Å². The molecule has 2 aromatic rings. The summed E-state index contributed by atoms with van der Waals surface area (Å²) in [6.45, 7) is 5.26. The maximum absolute atomic E-state index is 11.6. The van der Waals surface area contributed by atoms with Gasteiger partial charge in [0.05, 0.1) is 5.69 Å². The number of carbonyl (C=O) groups excluding carboxylic acids is 1. The minimum Gasteiger partial charge on any atom is -0.381 e. The molecule has 0 radical (unpaired) electrons. The molecular formula is C15H20N4O. The fraction of sp³-hybridized carbons (Fsp3) is 0.333. The first-order chi connectivity index (χ1) is 9.60. The number of rotatable bonds is 5. The van der Waals surface area contributed by atoms with Gasteiger partial charge in [0.15, 0.2) is 0 Å². The number of aromatic nitrogens is 2. The predicted molar refractivity (Wildman–Crippen MR) is 79.7 cm³/mol. The summed E-state index contributed by atoms with van der Waals surface area (Å²) in [5.41, 5.74) is 3.86. The molecule has 5 heteroatoms. The number of amides is 1. The topological polar surface area (TPSA) is 59.0 Å². The molecule has 0 aliphatic heterocycles. The van der Waals surface area contributed by atoms with E-state index in [0.717, 1.165) is 17.9 Å². The van der Waals surface area contributed by atoms with Crippen LogP contribution in [0.5, 0.6) is 0 Å². The van der Waals surface area contributed by atoms with Crippen LogP contribution in [-0.4, -0.2) is 22.2 Å². The lowest BCUT2D eigenvalue weighted by Crippen LogP contribution is -2.22. The van der Waals surface area contributed by atoms with E-state index in [2.05, 4.69) is 15.7 Å². The minimum absolute atomic E-state index is 0.0397. The average Bonchev–Trinajstić information content (AvgIpc) is 2.75. The summed E-state index contributed by atoms with van der Waals surface area (Å²) in [5, 5.41) is 10.4. The normalized spacial score (nSPS) is 10.3. The van der Waals surface area contributed by atoms with Crippen molar-refractivity contribution >= 4 is 11.6 Å². The lowest BCUT2D eigenvalue weighted by atomic mass is 10.2. The third-order valence-electron chi connectivity index (χ3n) is 3.08. The van der Waals surface area contributed by atoms with E-state index in [1.54, 1.807) is 0 Å². The first kappa shape index (κ1) is 14.1. The lowest BCUT2D eigenvalue weighted by molar-refractivity contribution is 0.0956. The Morgan fingerprint density at radius 3 is 2.55 bits per heavy atom. The summed E-state index contributed by atoms with van der Waals surface area (Å²) in [6, 6.07) is 7.47. The number of carbonyl (C=O) groups is 1. The van der Waals surface area contributed by atoms with E-state index in [-0.39, 0.29) is 5.91 Å². The van der Waals surface area contributed by atoms with Crippen LogP contribution in [0.4, 0.5) is 5.69 Å². The summed E-state index contributed by atoms with van der Waals surface area (Å²) < 4.78 is 1.81. The smallest absolute Gasteiger partial charge is 0.251 e. The van der Waals surface area contributed by atoms with Crippen LogP contribution in [0.1, 0.15) is 28.5 Å². The summed E-state index contributed by atoms with van der Waals surface area (Å²) in [4.78, 5) is 11.6. The molecule has 0 spiro atoms. The summed E-state index contributed by atoms with van der Waals surface area (Å²) in [7, 11) is 1.91. The molecule has 0 saturated heterocycles. The van der Waals surface area contributed by atoms with Gasteiger partial charge in [-0.1, -0.05) is 0 Å². The van der Waals surface area contributed by atoms with Crippen LogP contribution < -0.4 is 10.6 Å². The second kappa shape index (κ2) is 6.23. The zero-order chi connectivity index (χ0) is 14.5. The van der Waals surface area contributed by atoms with Crippen LogP contribution in [-0.2, 0) is 13.6 Å². The maximum Gasteiger partial charge on any atom is 0.251 e. The molecule has 106 valence electrons. The first-order valence-corrected chi connectivity index (χ1v) is 6.71. The highest BCUT2D eigenvalue weighted by molar-refractivity contribution is 5.94. The number of nitrogens with one attached hydrogen (secondary N) is 2. The van der Waals surface area contributed by atoms with Crippen molar-refractivity contribution in [1.82, 2.24) is 15.1 Å². The van der Waals surface area contributed by atoms with Gasteiger partial charge in [-0.05, 0) is 38.1 Å². The number of nitrogens with zero attached hydrogens (tertiary/aromatic N) is 2. The summed E-state index contributed by atoms with van der Waals surface area (Å²) >= 11 is 0. The van der Waals surface area contributed by atoms with Crippen molar-refractivity contribution < 1.29 is 4.79 Å². The van der Waals surface area contributed by atoms with Crippen molar-refractivity contribution in [3.05, 3.63) is 47.3 Å². The second-order valence-corrected chi connectivity index (χ2v) is 4.70. The Hall–Kier alpha value is -2.30. The third-order valence-corrected chi connectivity index (χ3v) is 3.08. The summed E-state index contributed by atoms with van der Waals surface area (Å²) in [5.74, 6) is -0.0397. The van der Waals surface area contributed by atoms with E-state index in [1.165, 1.54) is 5.56 Å². The number of hydrogen-bond acceptors (Lipinski definition) is 3. The molecule has 0 bridgehead atoms. The van der Waals surface area contributed by atoms with Crippen LogP contribution in [0.3, 0.4) is 0 Å². The monoisotopic (exact) mass is 272 g/mol. The molecular weight excluding hydrogens is 252 g/mol. The third kappa shape index (κ3) is 3.38. The highest BCUT2D eigenvalue weighted by atomic mass is 16.1. The van der Waals surface area contributed by atoms with Crippen LogP contribution in [0.2, 0.25) is 0 Å². The Labute approximate surface area is 119 Å².